The van der Waals surface area contributed by atoms with E-state index in [4.69, 9.17) is 9.47 Å². The Hall–Kier alpha value is -4.22. The zero-order chi connectivity index (χ0) is 31.4. The van der Waals surface area contributed by atoms with Gasteiger partial charge in [-0.1, -0.05) is 42.0 Å². The van der Waals surface area contributed by atoms with E-state index >= 15 is 0 Å². The van der Waals surface area contributed by atoms with Crippen molar-refractivity contribution in [1.29, 1.82) is 0 Å². The lowest BCUT2D eigenvalue weighted by molar-refractivity contribution is -0.213. The summed E-state index contributed by atoms with van der Waals surface area (Å²) in [7, 11) is 1.47. The van der Waals surface area contributed by atoms with Crippen molar-refractivity contribution in [3.8, 4) is 11.5 Å². The van der Waals surface area contributed by atoms with Crippen LogP contribution < -0.4 is 20.1 Å². The summed E-state index contributed by atoms with van der Waals surface area (Å²) in [4.78, 5) is 27.0. The molecule has 0 spiro atoms. The van der Waals surface area contributed by atoms with Crippen molar-refractivity contribution in [2.24, 2.45) is 5.92 Å². The number of carbonyl (C=O) groups is 2. The molecule has 43 heavy (non-hydrogen) atoms. The number of piperidine rings is 1. The Kier molecular flexibility index (Phi) is 9.26. The normalized spacial score (nSPS) is 20.7. The average Bonchev–Trinajstić information content (AvgIpc) is 2.95. The van der Waals surface area contributed by atoms with E-state index in [-0.39, 0.29) is 24.3 Å². The maximum absolute atomic E-state index is 15.0. The number of ether oxygens (including phenoxy) is 2. The van der Waals surface area contributed by atoms with E-state index in [9.17, 15) is 35.9 Å². The minimum atomic E-state index is -4.97. The van der Waals surface area contributed by atoms with E-state index in [0.717, 1.165) is 17.7 Å². The number of hydrogen-bond acceptors (Lipinski definition) is 4. The van der Waals surface area contributed by atoms with Crippen molar-refractivity contribution in [3.05, 3.63) is 89.5 Å². The van der Waals surface area contributed by atoms with E-state index in [2.05, 4.69) is 10.6 Å². The van der Waals surface area contributed by atoms with Crippen LogP contribution in [0.5, 0.6) is 11.5 Å². The number of hydrogen-bond donors (Lipinski definition) is 2. The SMILES string of the molecule is COc1ccc(NC(=O)C2C(=O)NC(c3ccc(OCCCC(F)(F)F)cc3)(C(F)(F)F)CC2c2ccc(C)cc2)cc1. The summed E-state index contributed by atoms with van der Waals surface area (Å²) < 4.78 is 92.4. The van der Waals surface area contributed by atoms with Crippen LogP contribution in [-0.4, -0.2) is 37.9 Å². The van der Waals surface area contributed by atoms with Gasteiger partial charge in [-0.25, -0.2) is 0 Å². The van der Waals surface area contributed by atoms with Crippen LogP contribution >= 0.6 is 0 Å². The maximum Gasteiger partial charge on any atom is 0.415 e. The second kappa shape index (κ2) is 12.6. The van der Waals surface area contributed by atoms with Crippen LogP contribution in [-0.2, 0) is 15.1 Å². The van der Waals surface area contributed by atoms with Gasteiger partial charge in [0.1, 0.15) is 17.4 Å². The quantitative estimate of drug-likeness (QED) is 0.155. The van der Waals surface area contributed by atoms with E-state index < -0.39 is 54.4 Å². The number of methoxy groups -OCH3 is 1. The molecule has 230 valence electrons. The van der Waals surface area contributed by atoms with Crippen molar-refractivity contribution >= 4 is 17.5 Å². The number of amides is 2. The predicted molar refractivity (Wildman–Crippen MR) is 147 cm³/mol. The molecular weight excluding hydrogens is 578 g/mol. The van der Waals surface area contributed by atoms with E-state index in [0.29, 0.717) is 17.0 Å². The summed E-state index contributed by atoms with van der Waals surface area (Å²) in [5.41, 5.74) is -1.60. The highest BCUT2D eigenvalue weighted by Crippen LogP contribution is 2.50. The summed E-state index contributed by atoms with van der Waals surface area (Å²) in [6.45, 7) is 1.53. The third kappa shape index (κ3) is 7.41. The van der Waals surface area contributed by atoms with Crippen molar-refractivity contribution in [2.75, 3.05) is 19.0 Å². The topological polar surface area (TPSA) is 76.7 Å². The first-order valence-corrected chi connectivity index (χ1v) is 13.4. The molecule has 0 bridgehead atoms. The zero-order valence-corrected chi connectivity index (χ0v) is 23.3. The van der Waals surface area contributed by atoms with Crippen molar-refractivity contribution in [2.45, 2.75) is 50.0 Å². The Morgan fingerprint density at radius 1 is 0.930 bits per heavy atom. The number of rotatable bonds is 9. The first-order valence-electron chi connectivity index (χ1n) is 13.4. The summed E-state index contributed by atoms with van der Waals surface area (Å²) in [6.07, 6.45) is -11.4. The molecule has 3 aromatic carbocycles. The fourth-order valence-electron chi connectivity index (χ4n) is 5.13. The molecule has 2 N–H and O–H groups in total. The molecule has 1 fully saturated rings. The second-order valence-electron chi connectivity index (χ2n) is 10.4. The van der Waals surface area contributed by atoms with Crippen LogP contribution in [0.25, 0.3) is 0 Å². The fourth-order valence-corrected chi connectivity index (χ4v) is 5.13. The molecule has 4 rings (SSSR count). The lowest BCUT2D eigenvalue weighted by atomic mass is 9.69. The van der Waals surface area contributed by atoms with Crippen LogP contribution in [0.1, 0.15) is 41.9 Å². The highest BCUT2D eigenvalue weighted by atomic mass is 19.4. The smallest absolute Gasteiger partial charge is 0.415 e. The minimum Gasteiger partial charge on any atom is -0.497 e. The number of nitrogens with one attached hydrogen (secondary N) is 2. The van der Waals surface area contributed by atoms with Crippen LogP contribution in [0.15, 0.2) is 72.8 Å². The largest absolute Gasteiger partial charge is 0.497 e. The van der Waals surface area contributed by atoms with Gasteiger partial charge in [0.25, 0.3) is 0 Å². The van der Waals surface area contributed by atoms with Crippen molar-refractivity contribution in [1.82, 2.24) is 5.32 Å². The standard InChI is InChI=1S/C31H30F6N2O4/c1-19-4-6-20(7-5-19)25-18-29(31(35,36)37,21-8-12-24(13-9-21)43-17-3-16-30(32,33)34)39-28(41)26(25)27(40)38-22-10-14-23(42-2)15-11-22/h4-15,25-26H,3,16-18H2,1-2H3,(H,38,40)(H,39,41). The Balaban J connectivity index is 1.65. The van der Waals surface area contributed by atoms with Crippen LogP contribution in [0.3, 0.4) is 0 Å². The van der Waals surface area contributed by atoms with E-state index in [1.807, 2.05) is 0 Å². The molecule has 2 amide bonds. The third-order valence-electron chi connectivity index (χ3n) is 7.40. The minimum absolute atomic E-state index is 0.0808. The molecule has 3 atom stereocenters. The highest BCUT2D eigenvalue weighted by molar-refractivity contribution is 6.08. The second-order valence-corrected chi connectivity index (χ2v) is 10.4. The Bertz CT molecular complexity index is 1410. The maximum atomic E-state index is 15.0. The fraction of sp³-hybridized carbons (Fsp3) is 0.355. The number of alkyl halides is 6. The lowest BCUT2D eigenvalue weighted by Gasteiger charge is -2.45. The molecule has 3 aromatic rings. The number of benzene rings is 3. The van der Waals surface area contributed by atoms with E-state index in [1.54, 1.807) is 55.5 Å². The highest BCUT2D eigenvalue weighted by Gasteiger charge is 2.62. The molecule has 12 heteroatoms. The number of anilines is 1. The summed E-state index contributed by atoms with van der Waals surface area (Å²) in [5, 5.41) is 4.74. The van der Waals surface area contributed by atoms with Crippen molar-refractivity contribution < 1.29 is 45.4 Å². The summed E-state index contributed by atoms with van der Waals surface area (Å²) in [6, 6.07) is 17.5. The van der Waals surface area contributed by atoms with Gasteiger partial charge in [-0.15, -0.1) is 0 Å². The molecule has 0 saturated carbocycles. The summed E-state index contributed by atoms with van der Waals surface area (Å²) >= 11 is 0. The number of halogens is 6. The monoisotopic (exact) mass is 608 g/mol. The third-order valence-corrected chi connectivity index (χ3v) is 7.40. The first kappa shape index (κ1) is 31.7. The summed E-state index contributed by atoms with van der Waals surface area (Å²) in [5.74, 6) is -3.92. The molecule has 1 heterocycles. The average molecular weight is 609 g/mol. The number of aryl methyl sites for hydroxylation is 1. The Labute approximate surface area is 244 Å². The molecule has 0 radical (unpaired) electrons. The molecular formula is C31H30F6N2O4. The van der Waals surface area contributed by atoms with E-state index in [1.165, 1.54) is 19.2 Å². The van der Waals surface area contributed by atoms with Gasteiger partial charge in [0.05, 0.1) is 13.7 Å². The van der Waals surface area contributed by atoms with Gasteiger partial charge >= 0.3 is 12.4 Å². The van der Waals surface area contributed by atoms with Crippen LogP contribution in [0, 0.1) is 12.8 Å². The molecule has 1 aliphatic heterocycles. The van der Waals surface area contributed by atoms with Gasteiger partial charge in [0.15, 0.2) is 5.54 Å². The van der Waals surface area contributed by atoms with Gasteiger partial charge in [0.2, 0.25) is 11.8 Å². The van der Waals surface area contributed by atoms with Crippen molar-refractivity contribution in [3.63, 3.8) is 0 Å². The van der Waals surface area contributed by atoms with Gasteiger partial charge < -0.3 is 20.1 Å². The molecule has 1 saturated heterocycles. The van der Waals surface area contributed by atoms with Crippen LogP contribution in [0.2, 0.25) is 0 Å². The number of carbonyl (C=O) groups excluding carboxylic acids is 2. The van der Waals surface area contributed by atoms with Gasteiger partial charge in [-0.05, 0) is 67.3 Å². The molecule has 1 aliphatic rings. The zero-order valence-electron chi connectivity index (χ0n) is 23.3. The predicted octanol–water partition coefficient (Wildman–Crippen LogP) is 7.04. The van der Waals surface area contributed by atoms with Gasteiger partial charge in [-0.2, -0.15) is 26.3 Å². The molecule has 0 aromatic heterocycles. The molecule has 3 unspecified atom stereocenters. The molecule has 6 nitrogen and oxygen atoms in total. The van der Waals surface area contributed by atoms with Crippen LogP contribution in [0.4, 0.5) is 32.0 Å². The van der Waals surface area contributed by atoms with Gasteiger partial charge in [-0.3, -0.25) is 9.59 Å². The first-order chi connectivity index (χ1) is 20.2. The lowest BCUT2D eigenvalue weighted by Crippen LogP contribution is -2.63. The Morgan fingerprint density at radius 3 is 2.09 bits per heavy atom. The molecule has 0 aliphatic carbocycles. The Morgan fingerprint density at radius 2 is 1.53 bits per heavy atom. The van der Waals surface area contributed by atoms with Gasteiger partial charge in [0, 0.05) is 18.0 Å².